The van der Waals surface area contributed by atoms with Crippen molar-refractivity contribution in [1.82, 2.24) is 5.32 Å². The third kappa shape index (κ3) is 4.12. The molecule has 1 heterocycles. The first-order valence-corrected chi connectivity index (χ1v) is 7.28. The zero-order chi connectivity index (χ0) is 14.4. The maximum absolute atomic E-state index is 12.1. The SMILES string of the molecule is COc1cc(Cl)ccc1C(=O)NCCC[C@@H]1CCOC1. The van der Waals surface area contributed by atoms with E-state index in [1.54, 1.807) is 18.2 Å². The summed E-state index contributed by atoms with van der Waals surface area (Å²) in [5, 5.41) is 3.47. The number of halogens is 1. The molecule has 2 rings (SSSR count). The van der Waals surface area contributed by atoms with Gasteiger partial charge in [0.25, 0.3) is 5.91 Å². The number of hydrogen-bond acceptors (Lipinski definition) is 3. The Balaban J connectivity index is 1.79. The highest BCUT2D eigenvalue weighted by atomic mass is 35.5. The smallest absolute Gasteiger partial charge is 0.255 e. The number of ether oxygens (including phenoxy) is 2. The molecule has 1 amide bonds. The Bertz CT molecular complexity index is 458. The summed E-state index contributed by atoms with van der Waals surface area (Å²) < 4.78 is 10.5. The van der Waals surface area contributed by atoms with Gasteiger partial charge in [0.2, 0.25) is 0 Å². The number of amides is 1. The molecule has 0 aromatic heterocycles. The highest BCUT2D eigenvalue weighted by Crippen LogP contribution is 2.23. The van der Waals surface area contributed by atoms with Gasteiger partial charge in [-0.2, -0.15) is 0 Å². The van der Waals surface area contributed by atoms with Crippen LogP contribution < -0.4 is 10.1 Å². The molecule has 1 saturated heterocycles. The first kappa shape index (κ1) is 15.1. The van der Waals surface area contributed by atoms with Crippen molar-refractivity contribution in [3.63, 3.8) is 0 Å². The number of benzene rings is 1. The second-order valence-corrected chi connectivity index (χ2v) is 5.41. The first-order valence-electron chi connectivity index (χ1n) is 6.90. The number of hydrogen-bond donors (Lipinski definition) is 1. The summed E-state index contributed by atoms with van der Waals surface area (Å²) >= 11 is 5.88. The fourth-order valence-electron chi connectivity index (χ4n) is 2.35. The molecule has 5 heteroatoms. The van der Waals surface area contributed by atoms with E-state index in [4.69, 9.17) is 21.1 Å². The largest absolute Gasteiger partial charge is 0.496 e. The van der Waals surface area contributed by atoms with Crippen LogP contribution in [0.4, 0.5) is 0 Å². The summed E-state index contributed by atoms with van der Waals surface area (Å²) in [5.41, 5.74) is 0.515. The van der Waals surface area contributed by atoms with Crippen LogP contribution in [-0.4, -0.2) is 32.8 Å². The molecule has 1 atom stereocenters. The van der Waals surface area contributed by atoms with E-state index in [0.717, 1.165) is 32.5 Å². The molecule has 1 N–H and O–H groups in total. The summed E-state index contributed by atoms with van der Waals surface area (Å²) in [4.78, 5) is 12.1. The van der Waals surface area contributed by atoms with Gasteiger partial charge in [0.15, 0.2) is 0 Å². The molecule has 0 aliphatic carbocycles. The molecule has 0 saturated carbocycles. The number of carbonyl (C=O) groups is 1. The van der Waals surface area contributed by atoms with Crippen LogP contribution in [0.25, 0.3) is 0 Å². The van der Waals surface area contributed by atoms with Crippen molar-refractivity contribution in [2.75, 3.05) is 26.9 Å². The van der Waals surface area contributed by atoms with Gasteiger partial charge < -0.3 is 14.8 Å². The quantitative estimate of drug-likeness (QED) is 0.821. The zero-order valence-electron chi connectivity index (χ0n) is 11.7. The molecule has 1 fully saturated rings. The minimum atomic E-state index is -0.124. The fourth-order valence-corrected chi connectivity index (χ4v) is 2.51. The summed E-state index contributed by atoms with van der Waals surface area (Å²) in [7, 11) is 1.53. The summed E-state index contributed by atoms with van der Waals surface area (Å²) in [5.74, 6) is 1.03. The Morgan fingerprint density at radius 3 is 3.10 bits per heavy atom. The lowest BCUT2D eigenvalue weighted by Crippen LogP contribution is -2.25. The van der Waals surface area contributed by atoms with Gasteiger partial charge in [-0.1, -0.05) is 11.6 Å². The highest BCUT2D eigenvalue weighted by molar-refractivity contribution is 6.30. The minimum Gasteiger partial charge on any atom is -0.496 e. The second-order valence-electron chi connectivity index (χ2n) is 4.97. The van der Waals surface area contributed by atoms with Gasteiger partial charge >= 0.3 is 0 Å². The van der Waals surface area contributed by atoms with E-state index in [1.807, 2.05) is 0 Å². The third-order valence-electron chi connectivity index (χ3n) is 3.51. The molecule has 110 valence electrons. The monoisotopic (exact) mass is 297 g/mol. The van der Waals surface area contributed by atoms with Crippen LogP contribution in [0.3, 0.4) is 0 Å². The van der Waals surface area contributed by atoms with Gasteiger partial charge in [-0.3, -0.25) is 4.79 Å². The molecule has 0 radical (unpaired) electrons. The standard InChI is InChI=1S/C15H20ClNO3/c1-19-14-9-12(16)4-5-13(14)15(18)17-7-2-3-11-6-8-20-10-11/h4-5,9,11H,2-3,6-8,10H2,1H3,(H,17,18)/t11-/m1/s1. The summed E-state index contributed by atoms with van der Waals surface area (Å²) in [6.07, 6.45) is 3.20. The van der Waals surface area contributed by atoms with Gasteiger partial charge in [0.05, 0.1) is 12.7 Å². The number of methoxy groups -OCH3 is 1. The van der Waals surface area contributed by atoms with Crippen LogP contribution in [0.15, 0.2) is 18.2 Å². The van der Waals surface area contributed by atoms with Crippen molar-refractivity contribution in [3.8, 4) is 5.75 Å². The number of nitrogens with one attached hydrogen (secondary N) is 1. The van der Waals surface area contributed by atoms with Crippen molar-refractivity contribution in [2.24, 2.45) is 5.92 Å². The van der Waals surface area contributed by atoms with Gasteiger partial charge in [-0.25, -0.2) is 0 Å². The molecule has 4 nitrogen and oxygen atoms in total. The molecular weight excluding hydrogens is 278 g/mol. The minimum absolute atomic E-state index is 0.124. The molecule has 1 aliphatic heterocycles. The van der Waals surface area contributed by atoms with Gasteiger partial charge in [-0.05, 0) is 43.4 Å². The Kier molecular flexibility index (Phi) is 5.68. The molecule has 0 bridgehead atoms. The van der Waals surface area contributed by atoms with E-state index in [1.165, 1.54) is 7.11 Å². The van der Waals surface area contributed by atoms with Crippen molar-refractivity contribution >= 4 is 17.5 Å². The van der Waals surface area contributed by atoms with E-state index >= 15 is 0 Å². The Morgan fingerprint density at radius 1 is 1.55 bits per heavy atom. The molecule has 1 aromatic carbocycles. The molecule has 20 heavy (non-hydrogen) atoms. The first-order chi connectivity index (χ1) is 9.70. The van der Waals surface area contributed by atoms with Gasteiger partial charge in [0, 0.05) is 24.8 Å². The predicted octanol–water partition coefficient (Wildman–Crippen LogP) is 2.90. The van der Waals surface area contributed by atoms with E-state index in [-0.39, 0.29) is 5.91 Å². The van der Waals surface area contributed by atoms with E-state index < -0.39 is 0 Å². The molecular formula is C15H20ClNO3. The van der Waals surface area contributed by atoms with Gasteiger partial charge in [-0.15, -0.1) is 0 Å². The molecule has 0 spiro atoms. The lowest BCUT2D eigenvalue weighted by Gasteiger charge is -2.11. The van der Waals surface area contributed by atoms with Crippen LogP contribution >= 0.6 is 11.6 Å². The maximum Gasteiger partial charge on any atom is 0.255 e. The molecule has 0 unspecified atom stereocenters. The van der Waals surface area contributed by atoms with Crippen molar-refractivity contribution in [2.45, 2.75) is 19.3 Å². The Hall–Kier alpha value is -1.26. The lowest BCUT2D eigenvalue weighted by atomic mass is 10.0. The average Bonchev–Trinajstić information content (AvgIpc) is 2.96. The topological polar surface area (TPSA) is 47.6 Å². The van der Waals surface area contributed by atoms with Crippen LogP contribution in [0.2, 0.25) is 5.02 Å². The Labute approximate surface area is 124 Å². The van der Waals surface area contributed by atoms with Crippen molar-refractivity contribution in [1.29, 1.82) is 0 Å². The lowest BCUT2D eigenvalue weighted by molar-refractivity contribution is 0.0949. The Morgan fingerprint density at radius 2 is 2.40 bits per heavy atom. The zero-order valence-corrected chi connectivity index (χ0v) is 12.4. The number of rotatable bonds is 6. The van der Waals surface area contributed by atoms with Crippen LogP contribution in [0, 0.1) is 5.92 Å². The van der Waals surface area contributed by atoms with Gasteiger partial charge in [0.1, 0.15) is 5.75 Å². The van der Waals surface area contributed by atoms with E-state index in [9.17, 15) is 4.79 Å². The van der Waals surface area contributed by atoms with Crippen molar-refractivity contribution < 1.29 is 14.3 Å². The molecule has 1 aliphatic rings. The third-order valence-corrected chi connectivity index (χ3v) is 3.74. The van der Waals surface area contributed by atoms with Crippen LogP contribution in [0.1, 0.15) is 29.6 Å². The number of carbonyl (C=O) groups excluding carboxylic acids is 1. The maximum atomic E-state index is 12.1. The van der Waals surface area contributed by atoms with Crippen LogP contribution in [0.5, 0.6) is 5.75 Å². The summed E-state index contributed by atoms with van der Waals surface area (Å²) in [6.45, 7) is 2.40. The normalized spacial score (nSPS) is 18.0. The average molecular weight is 298 g/mol. The highest BCUT2D eigenvalue weighted by Gasteiger charge is 2.16. The van der Waals surface area contributed by atoms with E-state index in [2.05, 4.69) is 5.32 Å². The second kappa shape index (κ2) is 7.50. The van der Waals surface area contributed by atoms with Crippen molar-refractivity contribution in [3.05, 3.63) is 28.8 Å². The molecule has 1 aromatic rings. The summed E-state index contributed by atoms with van der Waals surface area (Å²) in [6, 6.07) is 5.02. The fraction of sp³-hybridized carbons (Fsp3) is 0.533. The predicted molar refractivity (Wildman–Crippen MR) is 78.5 cm³/mol. The van der Waals surface area contributed by atoms with E-state index in [0.29, 0.717) is 28.8 Å². The van der Waals surface area contributed by atoms with Crippen LogP contribution in [-0.2, 0) is 4.74 Å².